The highest BCUT2D eigenvalue weighted by atomic mass is 16.5. The Morgan fingerprint density at radius 3 is 2.67 bits per heavy atom. The van der Waals surface area contributed by atoms with Crippen LogP contribution >= 0.6 is 0 Å². The van der Waals surface area contributed by atoms with Crippen LogP contribution in [0.25, 0.3) is 0 Å². The molecule has 132 valence electrons. The van der Waals surface area contributed by atoms with E-state index in [-0.39, 0.29) is 6.10 Å². The van der Waals surface area contributed by atoms with Gasteiger partial charge in [-0.2, -0.15) is 0 Å². The SMILES string of the molecule is COc1cccc(CN(Cc2ccco2)C[C@@H](O)COC(C)C)c1. The summed E-state index contributed by atoms with van der Waals surface area (Å²) >= 11 is 0. The zero-order chi connectivity index (χ0) is 17.4. The van der Waals surface area contributed by atoms with Crippen LogP contribution in [0.15, 0.2) is 47.1 Å². The predicted molar refractivity (Wildman–Crippen MR) is 92.9 cm³/mol. The fourth-order valence-electron chi connectivity index (χ4n) is 2.49. The Bertz CT molecular complexity index is 583. The van der Waals surface area contributed by atoms with Crippen LogP contribution in [0.2, 0.25) is 0 Å². The Morgan fingerprint density at radius 2 is 2.00 bits per heavy atom. The molecule has 0 spiro atoms. The van der Waals surface area contributed by atoms with Crippen molar-refractivity contribution in [3.63, 3.8) is 0 Å². The Hall–Kier alpha value is -1.82. The molecule has 1 atom stereocenters. The van der Waals surface area contributed by atoms with E-state index in [0.29, 0.717) is 26.2 Å². The third-order valence-electron chi connectivity index (χ3n) is 3.59. The maximum absolute atomic E-state index is 10.3. The average Bonchev–Trinajstić information content (AvgIpc) is 3.06. The van der Waals surface area contributed by atoms with Crippen molar-refractivity contribution in [1.82, 2.24) is 4.90 Å². The second kappa shape index (κ2) is 9.47. The van der Waals surface area contributed by atoms with E-state index in [1.54, 1.807) is 13.4 Å². The van der Waals surface area contributed by atoms with Crippen LogP contribution in [-0.4, -0.2) is 42.5 Å². The molecule has 2 aromatic rings. The van der Waals surface area contributed by atoms with Crippen LogP contribution < -0.4 is 4.74 Å². The van der Waals surface area contributed by atoms with Gasteiger partial charge in [0.1, 0.15) is 11.5 Å². The standard InChI is InChI=1S/C19H27NO4/c1-15(2)24-14-17(21)12-20(13-19-8-5-9-23-19)11-16-6-4-7-18(10-16)22-3/h4-10,15,17,21H,11-14H2,1-3H3/t17-/m1/s1. The highest BCUT2D eigenvalue weighted by molar-refractivity contribution is 5.28. The summed E-state index contributed by atoms with van der Waals surface area (Å²) in [4.78, 5) is 2.14. The summed E-state index contributed by atoms with van der Waals surface area (Å²) in [5.74, 6) is 1.70. The Kier molecular flexibility index (Phi) is 7.31. The number of furan rings is 1. The van der Waals surface area contributed by atoms with Crippen molar-refractivity contribution in [2.45, 2.75) is 39.1 Å². The molecule has 0 radical (unpaired) electrons. The van der Waals surface area contributed by atoms with Crippen molar-refractivity contribution in [2.75, 3.05) is 20.3 Å². The molecule has 1 aromatic carbocycles. The highest BCUT2D eigenvalue weighted by Gasteiger charge is 2.15. The first-order valence-electron chi connectivity index (χ1n) is 8.24. The lowest BCUT2D eigenvalue weighted by molar-refractivity contribution is -0.0114. The molecule has 5 heteroatoms. The van der Waals surface area contributed by atoms with E-state index in [4.69, 9.17) is 13.9 Å². The van der Waals surface area contributed by atoms with Gasteiger partial charge < -0.3 is 19.0 Å². The summed E-state index contributed by atoms with van der Waals surface area (Å²) in [5.41, 5.74) is 1.12. The van der Waals surface area contributed by atoms with Crippen molar-refractivity contribution >= 4 is 0 Å². The van der Waals surface area contributed by atoms with E-state index >= 15 is 0 Å². The first-order chi connectivity index (χ1) is 11.6. The highest BCUT2D eigenvalue weighted by Crippen LogP contribution is 2.16. The number of hydrogen-bond donors (Lipinski definition) is 1. The molecule has 0 amide bonds. The lowest BCUT2D eigenvalue weighted by Crippen LogP contribution is -2.34. The number of ether oxygens (including phenoxy) is 2. The first kappa shape index (κ1) is 18.5. The van der Waals surface area contributed by atoms with Gasteiger partial charge >= 0.3 is 0 Å². The molecule has 1 aromatic heterocycles. The zero-order valence-electron chi connectivity index (χ0n) is 14.6. The number of aliphatic hydroxyl groups is 1. The van der Waals surface area contributed by atoms with Gasteiger partial charge in [-0.25, -0.2) is 0 Å². The minimum absolute atomic E-state index is 0.108. The quantitative estimate of drug-likeness (QED) is 0.724. The molecule has 0 saturated heterocycles. The summed E-state index contributed by atoms with van der Waals surface area (Å²) in [5, 5.41) is 10.3. The minimum atomic E-state index is -0.548. The number of aliphatic hydroxyl groups excluding tert-OH is 1. The molecule has 0 fully saturated rings. The monoisotopic (exact) mass is 333 g/mol. The molecule has 24 heavy (non-hydrogen) atoms. The van der Waals surface area contributed by atoms with Crippen molar-refractivity contribution in [3.05, 3.63) is 54.0 Å². The van der Waals surface area contributed by atoms with Crippen LogP contribution in [0.3, 0.4) is 0 Å². The topological polar surface area (TPSA) is 55.1 Å². The number of nitrogens with zero attached hydrogens (tertiary/aromatic N) is 1. The maximum atomic E-state index is 10.3. The van der Waals surface area contributed by atoms with Crippen molar-refractivity contribution in [1.29, 1.82) is 0 Å². The first-order valence-corrected chi connectivity index (χ1v) is 8.24. The maximum Gasteiger partial charge on any atom is 0.119 e. The zero-order valence-corrected chi connectivity index (χ0v) is 14.6. The molecular weight excluding hydrogens is 306 g/mol. The summed E-state index contributed by atoms with van der Waals surface area (Å²) in [6, 6.07) is 11.8. The fraction of sp³-hybridized carbons (Fsp3) is 0.474. The molecule has 0 bridgehead atoms. The molecular formula is C19H27NO4. The van der Waals surface area contributed by atoms with Crippen LogP contribution in [0.1, 0.15) is 25.2 Å². The van der Waals surface area contributed by atoms with Gasteiger partial charge in [0.25, 0.3) is 0 Å². The molecule has 1 N–H and O–H groups in total. The van der Waals surface area contributed by atoms with E-state index < -0.39 is 6.10 Å². The Balaban J connectivity index is 2.01. The van der Waals surface area contributed by atoms with E-state index in [9.17, 15) is 5.11 Å². The number of hydrogen-bond acceptors (Lipinski definition) is 5. The van der Waals surface area contributed by atoms with Crippen LogP contribution in [-0.2, 0) is 17.8 Å². The number of benzene rings is 1. The van der Waals surface area contributed by atoms with Crippen LogP contribution in [0.4, 0.5) is 0 Å². The Labute approximate surface area is 143 Å². The van der Waals surface area contributed by atoms with E-state index in [0.717, 1.165) is 17.1 Å². The van der Waals surface area contributed by atoms with Crippen molar-refractivity contribution in [3.8, 4) is 5.75 Å². The number of methoxy groups -OCH3 is 1. The lowest BCUT2D eigenvalue weighted by Gasteiger charge is -2.25. The van der Waals surface area contributed by atoms with Gasteiger partial charge in [0.05, 0.1) is 38.7 Å². The number of rotatable bonds is 10. The van der Waals surface area contributed by atoms with E-state index in [1.807, 2.05) is 44.2 Å². The molecule has 2 rings (SSSR count). The second-order valence-electron chi connectivity index (χ2n) is 6.14. The summed E-state index contributed by atoms with van der Waals surface area (Å²) in [6.45, 7) is 6.07. The molecule has 0 aliphatic rings. The van der Waals surface area contributed by atoms with Gasteiger partial charge in [-0.3, -0.25) is 4.90 Å². The average molecular weight is 333 g/mol. The van der Waals surface area contributed by atoms with Gasteiger partial charge in [-0.15, -0.1) is 0 Å². The predicted octanol–water partition coefficient (Wildman–Crippen LogP) is 3.08. The normalized spacial score (nSPS) is 12.8. The van der Waals surface area contributed by atoms with Crippen LogP contribution in [0.5, 0.6) is 5.75 Å². The van der Waals surface area contributed by atoms with Gasteiger partial charge in [-0.1, -0.05) is 12.1 Å². The van der Waals surface area contributed by atoms with Gasteiger partial charge in [0, 0.05) is 13.1 Å². The van der Waals surface area contributed by atoms with E-state index in [2.05, 4.69) is 11.0 Å². The van der Waals surface area contributed by atoms with Gasteiger partial charge in [0.15, 0.2) is 0 Å². The minimum Gasteiger partial charge on any atom is -0.497 e. The lowest BCUT2D eigenvalue weighted by atomic mass is 10.2. The van der Waals surface area contributed by atoms with E-state index in [1.165, 1.54) is 0 Å². The van der Waals surface area contributed by atoms with Gasteiger partial charge in [0.2, 0.25) is 0 Å². The Morgan fingerprint density at radius 1 is 1.17 bits per heavy atom. The summed E-state index contributed by atoms with van der Waals surface area (Å²) in [7, 11) is 1.66. The van der Waals surface area contributed by atoms with Crippen molar-refractivity contribution in [2.24, 2.45) is 0 Å². The molecule has 0 saturated carbocycles. The van der Waals surface area contributed by atoms with Crippen LogP contribution in [0, 0.1) is 0 Å². The molecule has 1 heterocycles. The fourth-order valence-corrected chi connectivity index (χ4v) is 2.49. The largest absolute Gasteiger partial charge is 0.497 e. The molecule has 0 aliphatic carbocycles. The summed E-state index contributed by atoms with van der Waals surface area (Å²) in [6.07, 6.45) is 1.22. The second-order valence-corrected chi connectivity index (χ2v) is 6.14. The third kappa shape index (κ3) is 6.35. The molecule has 0 aliphatic heterocycles. The summed E-state index contributed by atoms with van der Waals surface area (Å²) < 4.78 is 16.2. The third-order valence-corrected chi connectivity index (χ3v) is 3.59. The van der Waals surface area contributed by atoms with Crippen molar-refractivity contribution < 1.29 is 19.0 Å². The molecule has 5 nitrogen and oxygen atoms in total. The van der Waals surface area contributed by atoms with Gasteiger partial charge in [-0.05, 0) is 43.7 Å². The molecule has 0 unspecified atom stereocenters. The smallest absolute Gasteiger partial charge is 0.119 e.